The second-order valence-electron chi connectivity index (χ2n) is 13.6. The van der Waals surface area contributed by atoms with Gasteiger partial charge in [0.1, 0.15) is 54.9 Å². The molecule has 56 heavy (non-hydrogen) atoms. The zero-order chi connectivity index (χ0) is 38.7. The maximum Gasteiger partial charge on any atom is 0.164 e. The van der Waals surface area contributed by atoms with Gasteiger partial charge in [-0.15, -0.1) is 22.3 Å². The van der Waals surface area contributed by atoms with E-state index >= 15 is 0 Å². The highest BCUT2D eigenvalue weighted by atomic mass is 32.1. The number of nitrogens with zero attached hydrogens (tertiary/aromatic N) is 3. The van der Waals surface area contributed by atoms with E-state index in [2.05, 4.69) is 48.5 Å². The first-order valence-electron chi connectivity index (χ1n) is 17.8. The summed E-state index contributed by atoms with van der Waals surface area (Å²) in [6.07, 6.45) is 0. The normalized spacial score (nSPS) is 11.4. The number of aromatic nitrogens is 3. The molecule has 0 N–H and O–H groups in total. The predicted molar refractivity (Wildman–Crippen MR) is 243 cm³/mol. The molecule has 2 heterocycles. The zero-order valence-electron chi connectivity index (χ0n) is 30.0. The first-order valence-corrected chi connectivity index (χ1v) is 18.6. The molecule has 0 bridgehead atoms. The van der Waals surface area contributed by atoms with E-state index in [4.69, 9.17) is 69.9 Å². The Kier molecular flexibility index (Phi) is 9.22. The minimum atomic E-state index is 0.200. The third kappa shape index (κ3) is 6.15. The summed E-state index contributed by atoms with van der Waals surface area (Å²) in [5.41, 5.74) is 10.4. The topological polar surface area (TPSA) is 38.7 Å². The van der Waals surface area contributed by atoms with Gasteiger partial charge in [0.15, 0.2) is 17.5 Å². The van der Waals surface area contributed by atoms with Gasteiger partial charge in [0.05, 0.1) is 0 Å². The molecule has 0 atom stereocenters. The Hall–Kier alpha value is -5.78. The van der Waals surface area contributed by atoms with Crippen LogP contribution in [0.4, 0.5) is 0 Å². The Balaban J connectivity index is 1.15. The number of rotatable bonds is 6. The first kappa shape index (κ1) is 35.9. The van der Waals surface area contributed by atoms with Crippen molar-refractivity contribution in [3.8, 4) is 67.5 Å². The summed E-state index contributed by atoms with van der Waals surface area (Å²) in [6.45, 7) is 0. The summed E-state index contributed by atoms with van der Waals surface area (Å²) in [4.78, 5) is 14.9. The number of hydrogen-bond donors (Lipinski definition) is 0. The van der Waals surface area contributed by atoms with Crippen LogP contribution in [0.15, 0.2) is 133 Å². The highest BCUT2D eigenvalue weighted by molar-refractivity contribution is 7.28. The van der Waals surface area contributed by atoms with Crippen LogP contribution in [0.25, 0.3) is 87.7 Å². The largest absolute Gasteiger partial charge is 0.208 e. The Bertz CT molecular complexity index is 2850. The minimum Gasteiger partial charge on any atom is -0.208 e. The molecule has 244 valence electrons. The van der Waals surface area contributed by atoms with Gasteiger partial charge >= 0.3 is 0 Å². The van der Waals surface area contributed by atoms with Crippen LogP contribution in [-0.2, 0) is 0 Å². The standard InChI is InChI=1S/C45H22B7N3S/c46-34-31(35(47)39(51)41-32(34)33-36(48)37(49)38(50)40(52)42(33)56-41)27-15-21-30(22-16-27)45-54-43(28-17-11-25(12-18-28)23-7-3-1-4-8-23)53-44(55-45)29-19-13-26(14-20-29)24-9-5-2-6-10-24/h1-22H. The monoisotopic (exact) mass is 713 g/mol. The van der Waals surface area contributed by atoms with E-state index in [0.717, 1.165) is 44.5 Å². The van der Waals surface area contributed by atoms with Gasteiger partial charge in [-0.05, 0) is 44.2 Å². The predicted octanol–water partition coefficient (Wildman–Crippen LogP) is 3.80. The molecule has 0 amide bonds. The summed E-state index contributed by atoms with van der Waals surface area (Å²) >= 11 is 1.33. The van der Waals surface area contributed by atoms with Crippen LogP contribution < -0.4 is 38.2 Å². The molecule has 0 unspecified atom stereocenters. The van der Waals surface area contributed by atoms with Gasteiger partial charge in [0, 0.05) is 26.1 Å². The minimum absolute atomic E-state index is 0.200. The molecule has 0 aliphatic rings. The van der Waals surface area contributed by atoms with Gasteiger partial charge in [-0.1, -0.05) is 161 Å². The maximum absolute atomic E-state index is 6.92. The molecule has 0 saturated heterocycles. The van der Waals surface area contributed by atoms with E-state index in [-0.39, 0.29) is 10.9 Å². The molecular formula is C45H22B7N3S. The molecule has 3 nitrogen and oxygen atoms in total. The molecule has 0 fully saturated rings. The van der Waals surface area contributed by atoms with Crippen molar-refractivity contribution in [2.45, 2.75) is 0 Å². The fraction of sp³-hybridized carbons (Fsp3) is 0. The Morgan fingerprint density at radius 3 is 1.04 bits per heavy atom. The van der Waals surface area contributed by atoms with Crippen molar-refractivity contribution >= 4 is 125 Å². The van der Waals surface area contributed by atoms with E-state index in [0.29, 0.717) is 70.5 Å². The van der Waals surface area contributed by atoms with Crippen molar-refractivity contribution in [1.82, 2.24) is 15.0 Å². The van der Waals surface area contributed by atoms with Crippen molar-refractivity contribution in [3.05, 3.63) is 133 Å². The van der Waals surface area contributed by atoms with Crippen LogP contribution >= 0.6 is 11.3 Å². The molecule has 7 aromatic carbocycles. The first-order chi connectivity index (χ1) is 27.2. The van der Waals surface area contributed by atoms with Crippen LogP contribution in [0.2, 0.25) is 0 Å². The molecule has 0 saturated carbocycles. The molecule has 0 aliphatic carbocycles. The van der Waals surface area contributed by atoms with Gasteiger partial charge in [-0.2, -0.15) is 0 Å². The molecule has 9 rings (SSSR count). The summed E-state index contributed by atoms with van der Waals surface area (Å²) in [6, 6.07) is 44.7. The smallest absolute Gasteiger partial charge is 0.164 e. The summed E-state index contributed by atoms with van der Waals surface area (Å²) in [7, 11) is 45.6. The van der Waals surface area contributed by atoms with Gasteiger partial charge in [0.25, 0.3) is 0 Å². The molecule has 2 aromatic heterocycles. The van der Waals surface area contributed by atoms with Gasteiger partial charge < -0.3 is 0 Å². The number of fused-ring (bicyclic) bond motifs is 3. The number of hydrogen-bond acceptors (Lipinski definition) is 4. The third-order valence-electron chi connectivity index (χ3n) is 10.2. The fourth-order valence-corrected chi connectivity index (χ4v) is 8.42. The number of benzene rings is 7. The zero-order valence-corrected chi connectivity index (χ0v) is 30.8. The maximum atomic E-state index is 6.92. The molecule has 14 radical (unpaired) electrons. The Morgan fingerprint density at radius 1 is 0.286 bits per heavy atom. The second-order valence-corrected chi connectivity index (χ2v) is 14.6. The van der Waals surface area contributed by atoms with Crippen LogP contribution in [0.5, 0.6) is 0 Å². The van der Waals surface area contributed by atoms with E-state index in [1.165, 1.54) is 11.3 Å². The van der Waals surface area contributed by atoms with Crippen LogP contribution in [0, 0.1) is 0 Å². The fourth-order valence-electron chi connectivity index (χ4n) is 7.14. The number of thiophene rings is 1. The molecule has 0 aliphatic heterocycles. The average molecular weight is 712 g/mol. The molecule has 11 heteroatoms. The van der Waals surface area contributed by atoms with Gasteiger partial charge in [0.2, 0.25) is 0 Å². The van der Waals surface area contributed by atoms with E-state index in [1.807, 2.05) is 84.9 Å². The SMILES string of the molecule is [B]c1c([B])c([B])c2c(sc3c([B])c([B])c(-c4ccc(-c5nc(-c6ccc(-c7ccccc7)cc6)nc(-c6ccc(-c7ccccc7)cc6)n5)cc4)c([B])c32)c1[B]. The molecular weight excluding hydrogens is 690 g/mol. The van der Waals surface area contributed by atoms with Crippen LogP contribution in [-0.4, -0.2) is 69.9 Å². The average Bonchev–Trinajstić information content (AvgIpc) is 3.67. The lowest BCUT2D eigenvalue weighted by Crippen LogP contribution is -2.47. The van der Waals surface area contributed by atoms with Crippen molar-refractivity contribution in [3.63, 3.8) is 0 Å². The lowest BCUT2D eigenvalue weighted by molar-refractivity contribution is 1.07. The molecule has 9 aromatic rings. The lowest BCUT2D eigenvalue weighted by atomic mass is 9.64. The summed E-state index contributed by atoms with van der Waals surface area (Å²) in [5.74, 6) is 1.61. The van der Waals surface area contributed by atoms with Crippen LogP contribution in [0.1, 0.15) is 0 Å². The van der Waals surface area contributed by atoms with Crippen molar-refractivity contribution in [1.29, 1.82) is 0 Å². The van der Waals surface area contributed by atoms with E-state index < -0.39 is 0 Å². The molecule has 0 spiro atoms. The van der Waals surface area contributed by atoms with Crippen LogP contribution in [0.3, 0.4) is 0 Å². The van der Waals surface area contributed by atoms with E-state index in [9.17, 15) is 0 Å². The lowest BCUT2D eigenvalue weighted by Gasteiger charge is -2.18. The Morgan fingerprint density at radius 2 is 0.607 bits per heavy atom. The van der Waals surface area contributed by atoms with Gasteiger partial charge in [-0.25, -0.2) is 15.0 Å². The highest BCUT2D eigenvalue weighted by Gasteiger charge is 2.21. The summed E-state index contributed by atoms with van der Waals surface area (Å²) < 4.78 is 1.32. The van der Waals surface area contributed by atoms with Crippen molar-refractivity contribution in [2.24, 2.45) is 0 Å². The second kappa shape index (κ2) is 14.4. The highest BCUT2D eigenvalue weighted by Crippen LogP contribution is 2.32. The summed E-state index contributed by atoms with van der Waals surface area (Å²) in [5, 5.41) is 1.24. The van der Waals surface area contributed by atoms with Crippen molar-refractivity contribution < 1.29 is 0 Å². The quantitative estimate of drug-likeness (QED) is 0.247. The Labute approximate surface area is 338 Å². The van der Waals surface area contributed by atoms with E-state index in [1.54, 1.807) is 0 Å². The third-order valence-corrected chi connectivity index (χ3v) is 11.5. The van der Waals surface area contributed by atoms with Crippen molar-refractivity contribution in [2.75, 3.05) is 0 Å². The van der Waals surface area contributed by atoms with Gasteiger partial charge in [-0.3, -0.25) is 0 Å².